The van der Waals surface area contributed by atoms with Crippen LogP contribution in [0.2, 0.25) is 0 Å². The minimum Gasteiger partial charge on any atom is -0.0591 e. The normalized spacial score (nSPS) is 25.3. The molecule has 0 nitrogen and oxygen atoms in total. The van der Waals surface area contributed by atoms with Gasteiger partial charge >= 0.3 is 0 Å². The van der Waals surface area contributed by atoms with E-state index in [-0.39, 0.29) is 0 Å². The molecule has 0 heterocycles. The standard InChI is InChI=1S/C7H13/c1-7-5-3-2-4-6-7/h2-6H2,1H3. The first-order chi connectivity index (χ1) is 3.39. The van der Waals surface area contributed by atoms with Crippen LogP contribution in [0, 0.1) is 5.92 Å². The van der Waals surface area contributed by atoms with Gasteiger partial charge in [-0.05, 0) is 18.8 Å². The molecule has 0 aliphatic heterocycles. The van der Waals surface area contributed by atoms with Crippen molar-refractivity contribution in [1.82, 2.24) is 0 Å². The zero-order valence-corrected chi connectivity index (χ0v) is 5.04. The minimum atomic E-state index is 1.40. The minimum absolute atomic E-state index is 1.40. The van der Waals surface area contributed by atoms with Crippen LogP contribution < -0.4 is 0 Å². The van der Waals surface area contributed by atoms with Crippen molar-refractivity contribution in [2.24, 2.45) is 0 Å². The van der Waals surface area contributed by atoms with Crippen molar-refractivity contribution >= 4 is 0 Å². The molecule has 0 amide bonds. The Labute approximate surface area is 45.9 Å². The third kappa shape index (κ3) is 1.50. The molecule has 0 spiro atoms. The molecule has 1 fully saturated rings. The quantitative estimate of drug-likeness (QED) is 0.435. The van der Waals surface area contributed by atoms with Crippen molar-refractivity contribution in [2.75, 3.05) is 0 Å². The molecule has 41 valence electrons. The molecule has 0 aromatic rings. The summed E-state index contributed by atoms with van der Waals surface area (Å²) in [5.74, 6) is 1.71. The lowest BCUT2D eigenvalue weighted by Gasteiger charge is -2.14. The second-order valence-electron chi connectivity index (χ2n) is 2.52. The first-order valence-corrected chi connectivity index (χ1v) is 3.21. The van der Waals surface area contributed by atoms with Crippen molar-refractivity contribution in [3.63, 3.8) is 0 Å². The van der Waals surface area contributed by atoms with E-state index in [9.17, 15) is 0 Å². The first kappa shape index (κ1) is 5.14. The third-order valence-electron chi connectivity index (χ3n) is 1.71. The van der Waals surface area contributed by atoms with Gasteiger partial charge in [-0.2, -0.15) is 0 Å². The van der Waals surface area contributed by atoms with Crippen molar-refractivity contribution in [2.45, 2.75) is 39.0 Å². The summed E-state index contributed by atoms with van der Waals surface area (Å²) in [6.45, 7) is 2.28. The van der Waals surface area contributed by atoms with Gasteiger partial charge in [-0.15, -0.1) is 0 Å². The first-order valence-electron chi connectivity index (χ1n) is 3.21. The Balaban J connectivity index is 2.12. The summed E-state index contributed by atoms with van der Waals surface area (Å²) < 4.78 is 0. The predicted molar refractivity (Wildman–Crippen MR) is 32.0 cm³/mol. The van der Waals surface area contributed by atoms with Crippen LogP contribution in [0.15, 0.2) is 0 Å². The van der Waals surface area contributed by atoms with E-state index >= 15 is 0 Å². The van der Waals surface area contributed by atoms with E-state index in [1.165, 1.54) is 32.1 Å². The molecule has 0 aromatic carbocycles. The van der Waals surface area contributed by atoms with Gasteiger partial charge in [0.25, 0.3) is 0 Å². The highest BCUT2D eigenvalue weighted by molar-refractivity contribution is 4.86. The lowest BCUT2D eigenvalue weighted by molar-refractivity contribution is 0.539. The summed E-state index contributed by atoms with van der Waals surface area (Å²) in [5, 5.41) is 0. The molecule has 0 heteroatoms. The zero-order chi connectivity index (χ0) is 5.11. The molecule has 1 rings (SSSR count). The second kappa shape index (κ2) is 2.34. The maximum atomic E-state index is 2.28. The smallest absolute Gasteiger partial charge is 0.0272 e. The second-order valence-corrected chi connectivity index (χ2v) is 2.52. The Bertz CT molecular complexity index is 42.0. The van der Waals surface area contributed by atoms with E-state index in [0.717, 1.165) is 0 Å². The van der Waals surface area contributed by atoms with E-state index < -0.39 is 0 Å². The number of hydrogen-bond acceptors (Lipinski definition) is 0. The molecule has 0 atom stereocenters. The topological polar surface area (TPSA) is 0 Å². The highest BCUT2D eigenvalue weighted by atomic mass is 14.1. The maximum Gasteiger partial charge on any atom is -0.0272 e. The molecule has 0 N–H and O–H groups in total. The average Bonchev–Trinajstić information content (AvgIpc) is 1.69. The van der Waals surface area contributed by atoms with Crippen LogP contribution in [0.3, 0.4) is 0 Å². The molecule has 0 unspecified atom stereocenters. The van der Waals surface area contributed by atoms with E-state index in [1.807, 2.05) is 0 Å². The molecule has 0 bridgehead atoms. The summed E-state index contributed by atoms with van der Waals surface area (Å²) in [5.41, 5.74) is 0. The van der Waals surface area contributed by atoms with Crippen LogP contribution in [-0.4, -0.2) is 0 Å². The van der Waals surface area contributed by atoms with Gasteiger partial charge in [-0.25, -0.2) is 0 Å². The summed E-state index contributed by atoms with van der Waals surface area (Å²) in [6, 6.07) is 0. The Morgan fingerprint density at radius 3 is 1.86 bits per heavy atom. The van der Waals surface area contributed by atoms with Crippen LogP contribution in [0.5, 0.6) is 0 Å². The van der Waals surface area contributed by atoms with Crippen molar-refractivity contribution in [3.05, 3.63) is 5.92 Å². The van der Waals surface area contributed by atoms with Gasteiger partial charge in [0.15, 0.2) is 0 Å². The van der Waals surface area contributed by atoms with Crippen molar-refractivity contribution < 1.29 is 0 Å². The van der Waals surface area contributed by atoms with Crippen LogP contribution in [-0.2, 0) is 0 Å². The molecule has 1 radical (unpaired) electrons. The van der Waals surface area contributed by atoms with E-state index in [4.69, 9.17) is 0 Å². The van der Waals surface area contributed by atoms with Crippen LogP contribution in [0.25, 0.3) is 0 Å². The fourth-order valence-electron chi connectivity index (χ4n) is 1.16. The molecular weight excluding hydrogens is 84.1 g/mol. The third-order valence-corrected chi connectivity index (χ3v) is 1.71. The van der Waals surface area contributed by atoms with Gasteiger partial charge in [0, 0.05) is 0 Å². The lowest BCUT2D eigenvalue weighted by Crippen LogP contribution is -1.97. The molecule has 1 aliphatic rings. The summed E-state index contributed by atoms with van der Waals surface area (Å²) >= 11 is 0. The van der Waals surface area contributed by atoms with Crippen LogP contribution in [0.4, 0.5) is 0 Å². The van der Waals surface area contributed by atoms with E-state index in [2.05, 4.69) is 6.92 Å². The van der Waals surface area contributed by atoms with Crippen molar-refractivity contribution in [3.8, 4) is 0 Å². The Kier molecular flexibility index (Phi) is 1.72. The average molecular weight is 97.2 g/mol. The SMILES string of the molecule is C[C]1CCCCC1. The van der Waals surface area contributed by atoms with Gasteiger partial charge in [0.05, 0.1) is 0 Å². The summed E-state index contributed by atoms with van der Waals surface area (Å²) in [7, 11) is 0. The molecular formula is C7H13. The predicted octanol–water partition coefficient (Wildman–Crippen LogP) is 2.54. The lowest BCUT2D eigenvalue weighted by atomic mass is 9.91. The maximum absolute atomic E-state index is 2.28. The van der Waals surface area contributed by atoms with Crippen LogP contribution in [0.1, 0.15) is 39.0 Å². The number of hydrogen-bond donors (Lipinski definition) is 0. The molecule has 7 heavy (non-hydrogen) atoms. The van der Waals surface area contributed by atoms with E-state index in [1.54, 1.807) is 5.92 Å². The highest BCUT2D eigenvalue weighted by Gasteiger charge is 2.06. The van der Waals surface area contributed by atoms with Gasteiger partial charge in [0.2, 0.25) is 0 Å². The van der Waals surface area contributed by atoms with Crippen molar-refractivity contribution in [1.29, 1.82) is 0 Å². The molecule has 0 saturated heterocycles. The fourth-order valence-corrected chi connectivity index (χ4v) is 1.16. The fraction of sp³-hybridized carbons (Fsp3) is 0.857. The monoisotopic (exact) mass is 97.1 g/mol. The van der Waals surface area contributed by atoms with Gasteiger partial charge < -0.3 is 0 Å². The molecule has 1 saturated carbocycles. The van der Waals surface area contributed by atoms with E-state index in [0.29, 0.717) is 0 Å². The Morgan fingerprint density at radius 1 is 1.00 bits per heavy atom. The van der Waals surface area contributed by atoms with Gasteiger partial charge in [-0.3, -0.25) is 0 Å². The number of rotatable bonds is 0. The van der Waals surface area contributed by atoms with Crippen LogP contribution >= 0.6 is 0 Å². The van der Waals surface area contributed by atoms with Gasteiger partial charge in [-0.1, -0.05) is 26.2 Å². The highest BCUT2D eigenvalue weighted by Crippen LogP contribution is 2.23. The summed E-state index contributed by atoms with van der Waals surface area (Å²) in [6.07, 6.45) is 7.18. The molecule has 1 aliphatic carbocycles. The van der Waals surface area contributed by atoms with Gasteiger partial charge in [0.1, 0.15) is 0 Å². The Hall–Kier alpha value is 0. The molecule has 0 aromatic heterocycles. The zero-order valence-electron chi connectivity index (χ0n) is 5.04. The largest absolute Gasteiger partial charge is 0.0591 e. The summed E-state index contributed by atoms with van der Waals surface area (Å²) in [4.78, 5) is 0. The Morgan fingerprint density at radius 2 is 1.57 bits per heavy atom.